The SMILES string of the molecule is CC(=O)OC[C@@H](C)CC[C@@]1(O)O[C@H]2C[C@H]3[C@@H]4CC=C5C[C@@H](O[C@@H]6O[C@H](COC(C)=O)C(OC(C)=O)[C@H](O[C@@H]7O[C@H](COC(=O)c8ccccc8)C(OC(=O)c8ccccc8)[C@H](OC(=O)c8ccccc8)[C@H]7OC(=O)c7ccccc7)[C@H]6O[C@@H]6O[C@@H](C)[C@H](OC(C)=O)[C@@H](OC(C)=O)[C@H]6OC(C)=O)CC[C@]5(C)[C@H]4CC[C@]3(C)[C@H]2[C@@H]1C. The van der Waals surface area contributed by atoms with E-state index in [1.54, 1.807) is 72.8 Å². The molecular formula is C85H102O28. The molecule has 0 aromatic heterocycles. The van der Waals surface area contributed by atoms with Crippen molar-refractivity contribution in [1.82, 2.24) is 0 Å². The number of hydrogen-bond acceptors (Lipinski definition) is 28. The fourth-order valence-corrected chi connectivity index (χ4v) is 18.7. The van der Waals surface area contributed by atoms with Crippen LogP contribution in [-0.2, 0) is 109 Å². The lowest BCUT2D eigenvalue weighted by molar-refractivity contribution is -0.393. The van der Waals surface area contributed by atoms with Crippen molar-refractivity contribution in [2.24, 2.45) is 46.3 Å². The highest BCUT2D eigenvalue weighted by molar-refractivity contribution is 5.92. The van der Waals surface area contributed by atoms with E-state index in [9.17, 15) is 48.3 Å². The smallest absolute Gasteiger partial charge is 0.338 e. The Morgan fingerprint density at radius 1 is 0.478 bits per heavy atom. The van der Waals surface area contributed by atoms with Crippen LogP contribution in [-0.4, -0.2) is 195 Å². The maximum Gasteiger partial charge on any atom is 0.338 e. The summed E-state index contributed by atoms with van der Waals surface area (Å²) in [7, 11) is 0. The van der Waals surface area contributed by atoms with Gasteiger partial charge in [-0.2, -0.15) is 0 Å². The summed E-state index contributed by atoms with van der Waals surface area (Å²) in [5, 5.41) is 12.2. The molecule has 26 atom stereocenters. The number of carbonyl (C=O) groups is 10. The predicted octanol–water partition coefficient (Wildman–Crippen LogP) is 10.1. The first-order valence-corrected chi connectivity index (χ1v) is 38.9. The molecule has 0 bridgehead atoms. The van der Waals surface area contributed by atoms with Crippen LogP contribution in [0.3, 0.4) is 0 Å². The topological polar surface area (TPSA) is 348 Å². The molecule has 12 rings (SSSR count). The van der Waals surface area contributed by atoms with E-state index in [1.807, 2.05) is 6.92 Å². The Hall–Kier alpha value is -9.00. The summed E-state index contributed by atoms with van der Waals surface area (Å²) in [5.41, 5.74) is 0.680. The van der Waals surface area contributed by atoms with Gasteiger partial charge in [-0.05, 0) is 147 Å². The summed E-state index contributed by atoms with van der Waals surface area (Å²) in [6, 6.07) is 30.9. The third kappa shape index (κ3) is 18.9. The molecule has 0 amide bonds. The Balaban J connectivity index is 0.954. The fourth-order valence-electron chi connectivity index (χ4n) is 18.7. The number of rotatable bonds is 26. The maximum atomic E-state index is 15.0. The lowest BCUT2D eigenvalue weighted by Crippen LogP contribution is -2.69. The molecule has 4 aromatic carbocycles. The molecule has 4 aliphatic carbocycles. The van der Waals surface area contributed by atoms with E-state index in [4.69, 9.17) is 80.5 Å². The van der Waals surface area contributed by atoms with E-state index >= 15 is 4.79 Å². The molecule has 0 spiro atoms. The zero-order chi connectivity index (χ0) is 80.8. The number of benzene rings is 4. The van der Waals surface area contributed by atoms with Crippen LogP contribution in [0.2, 0.25) is 0 Å². The lowest BCUT2D eigenvalue weighted by Gasteiger charge is -2.58. The van der Waals surface area contributed by atoms with Crippen LogP contribution in [0, 0.1) is 46.3 Å². The first-order chi connectivity index (χ1) is 53.9. The van der Waals surface area contributed by atoms with Gasteiger partial charge in [0.1, 0.15) is 37.6 Å². The second-order valence-corrected chi connectivity index (χ2v) is 31.6. The maximum absolute atomic E-state index is 15.0. The number of aliphatic hydroxyl groups is 1. The van der Waals surface area contributed by atoms with Crippen molar-refractivity contribution in [3.05, 3.63) is 155 Å². The monoisotopic (exact) mass is 1570 g/mol. The van der Waals surface area contributed by atoms with Crippen molar-refractivity contribution in [1.29, 1.82) is 0 Å². The molecule has 28 heteroatoms. The minimum absolute atomic E-state index is 0.00725. The van der Waals surface area contributed by atoms with E-state index < -0.39 is 171 Å². The van der Waals surface area contributed by atoms with Crippen molar-refractivity contribution in [2.75, 3.05) is 19.8 Å². The quantitative estimate of drug-likeness (QED) is 0.0347. The van der Waals surface area contributed by atoms with Gasteiger partial charge in [-0.1, -0.05) is 112 Å². The van der Waals surface area contributed by atoms with Crippen LogP contribution in [0.5, 0.6) is 0 Å². The average molecular weight is 1570 g/mol. The summed E-state index contributed by atoms with van der Waals surface area (Å²) in [6.45, 7) is 15.9. The average Bonchev–Trinajstić information content (AvgIpc) is 1.55. The lowest BCUT2D eigenvalue weighted by atomic mass is 9.47. The Morgan fingerprint density at radius 3 is 1.48 bits per heavy atom. The molecule has 113 heavy (non-hydrogen) atoms. The van der Waals surface area contributed by atoms with Crippen LogP contribution in [0.1, 0.15) is 175 Å². The Morgan fingerprint density at radius 2 is 0.929 bits per heavy atom. The predicted molar refractivity (Wildman–Crippen MR) is 393 cm³/mol. The normalized spacial score (nSPS) is 35.1. The van der Waals surface area contributed by atoms with E-state index in [0.29, 0.717) is 32.1 Å². The summed E-state index contributed by atoms with van der Waals surface area (Å²) in [5.74, 6) is -9.36. The summed E-state index contributed by atoms with van der Waals surface area (Å²) in [4.78, 5) is 137. The van der Waals surface area contributed by atoms with Crippen LogP contribution in [0.15, 0.2) is 133 Å². The van der Waals surface area contributed by atoms with Gasteiger partial charge in [0.25, 0.3) is 0 Å². The minimum atomic E-state index is -2.18. The summed E-state index contributed by atoms with van der Waals surface area (Å²) < 4.78 is 109. The van der Waals surface area contributed by atoms with E-state index in [2.05, 4.69) is 26.8 Å². The number of fused-ring (bicyclic) bond motifs is 7. The van der Waals surface area contributed by atoms with Gasteiger partial charge in [0, 0.05) is 53.9 Å². The van der Waals surface area contributed by atoms with Gasteiger partial charge in [0.2, 0.25) is 0 Å². The zero-order valence-electron chi connectivity index (χ0n) is 65.4. The Labute approximate surface area is 655 Å². The van der Waals surface area contributed by atoms with Gasteiger partial charge in [-0.25, -0.2) is 19.2 Å². The van der Waals surface area contributed by atoms with Crippen LogP contribution >= 0.6 is 0 Å². The van der Waals surface area contributed by atoms with E-state index in [-0.39, 0.29) is 87.3 Å². The third-order valence-corrected chi connectivity index (χ3v) is 23.9. The molecule has 4 aromatic rings. The van der Waals surface area contributed by atoms with Crippen molar-refractivity contribution in [2.45, 2.75) is 244 Å². The number of carbonyl (C=O) groups excluding carboxylic acids is 10. The number of esters is 10. The van der Waals surface area contributed by atoms with Crippen LogP contribution in [0.25, 0.3) is 0 Å². The van der Waals surface area contributed by atoms with Crippen molar-refractivity contribution < 1.29 is 134 Å². The van der Waals surface area contributed by atoms with Crippen LogP contribution < -0.4 is 0 Å². The number of allylic oxidation sites excluding steroid dienone is 1. The second kappa shape index (κ2) is 35.8. The third-order valence-electron chi connectivity index (χ3n) is 23.9. The largest absolute Gasteiger partial charge is 0.466 e. The molecule has 7 fully saturated rings. The Bertz CT molecular complexity index is 4080. The minimum Gasteiger partial charge on any atom is -0.466 e. The first kappa shape index (κ1) is 83.4. The molecule has 4 heterocycles. The van der Waals surface area contributed by atoms with Gasteiger partial charge < -0.3 is 85.6 Å². The van der Waals surface area contributed by atoms with Gasteiger partial charge in [0.15, 0.2) is 67.4 Å². The molecular weight excluding hydrogens is 1470 g/mol. The molecule has 1 N–H and O–H groups in total. The second-order valence-electron chi connectivity index (χ2n) is 31.6. The molecule has 2 unspecified atom stereocenters. The molecule has 4 saturated heterocycles. The standard InChI is InChI=1S/C85H102O28/c1-45(42-97-48(4)86)34-39-85(96)46(2)66-63(113-85)41-62-60-33-32-58-40-59(35-37-83(58,10)61(60)36-38-84(62,66)11)105-81-75(112-80-73(104-53(9)91)70(103-52(8)90)67(47(3)100-80)101-50(6)88)72(68(102-51(7)89)64(106-81)43-98-49(5)87)111-82-74(110-79(95)57-30-22-15-23-31-57)71(109-78(94)56-28-20-14-21-29-56)69(108-77(93)55-26-18-13-19-27-55)65(107-82)44-99-76(92)54-24-16-12-17-25-54/h12-32,45-47,59-75,80-82,96H,33-44H2,1-11H3/t45-,46-,47-,59-,60+,61-,62-,63-,64+,65+,66-,67-,68?,69?,70+,71-,72-,73+,74+,75+,80-,81+,82-,83-,84-,85+/m0/s1. The fraction of sp³-hybridized carbons (Fsp3) is 0.576. The number of ether oxygens (including phenoxy) is 17. The first-order valence-electron chi connectivity index (χ1n) is 38.9. The highest BCUT2D eigenvalue weighted by Gasteiger charge is 2.69. The summed E-state index contributed by atoms with van der Waals surface area (Å²) in [6.07, 6.45) is -19.9. The highest BCUT2D eigenvalue weighted by Crippen LogP contribution is 2.70. The van der Waals surface area contributed by atoms with Crippen molar-refractivity contribution >= 4 is 59.7 Å². The molecule has 28 nitrogen and oxygen atoms in total. The van der Waals surface area contributed by atoms with Crippen molar-refractivity contribution in [3.63, 3.8) is 0 Å². The van der Waals surface area contributed by atoms with E-state index in [0.717, 1.165) is 65.9 Å². The van der Waals surface area contributed by atoms with Gasteiger partial charge in [-0.3, -0.25) is 28.8 Å². The van der Waals surface area contributed by atoms with Gasteiger partial charge >= 0.3 is 59.7 Å². The highest BCUT2D eigenvalue weighted by atomic mass is 16.8. The van der Waals surface area contributed by atoms with Crippen LogP contribution in [0.4, 0.5) is 0 Å². The van der Waals surface area contributed by atoms with Gasteiger partial charge in [-0.15, -0.1) is 0 Å². The van der Waals surface area contributed by atoms with Gasteiger partial charge in [0.05, 0.1) is 47.2 Å². The van der Waals surface area contributed by atoms with E-state index in [1.165, 1.54) is 62.4 Å². The Kier molecular flexibility index (Phi) is 26.4. The molecule has 610 valence electrons. The number of hydrogen-bond donors (Lipinski definition) is 1. The molecule has 8 aliphatic rings. The van der Waals surface area contributed by atoms with Crippen molar-refractivity contribution in [3.8, 4) is 0 Å². The summed E-state index contributed by atoms with van der Waals surface area (Å²) >= 11 is 0. The zero-order valence-corrected chi connectivity index (χ0v) is 65.4. The molecule has 4 aliphatic heterocycles. The molecule has 0 radical (unpaired) electrons. The molecule has 3 saturated carbocycles.